The van der Waals surface area contributed by atoms with Crippen molar-refractivity contribution in [2.45, 2.75) is 15.2 Å². The summed E-state index contributed by atoms with van der Waals surface area (Å²) in [5.41, 5.74) is 15.9. The van der Waals surface area contributed by atoms with Gasteiger partial charge in [-0.05, 0) is 97.1 Å². The molecule has 1 atom stereocenters. The quantitative estimate of drug-likeness (QED) is 0.177. The van der Waals surface area contributed by atoms with Gasteiger partial charge >= 0.3 is 0 Å². The van der Waals surface area contributed by atoms with E-state index in [2.05, 4.69) is 133 Å². The van der Waals surface area contributed by atoms with Crippen LogP contribution in [0.25, 0.3) is 89.8 Å². The van der Waals surface area contributed by atoms with Gasteiger partial charge in [-0.25, -0.2) is 23.4 Å². The maximum absolute atomic E-state index is 14.6. The minimum absolute atomic E-state index is 0.337. The molecule has 0 bridgehead atoms. The summed E-state index contributed by atoms with van der Waals surface area (Å²) in [6.07, 6.45) is 0. The van der Waals surface area contributed by atoms with Gasteiger partial charge in [-0.3, -0.25) is 0 Å². The summed E-state index contributed by atoms with van der Waals surface area (Å²) in [4.78, 5) is 16.3. The van der Waals surface area contributed by atoms with Crippen molar-refractivity contribution in [3.05, 3.63) is 235 Å². The molecule has 1 aliphatic heterocycles. The molecule has 1 aromatic heterocycles. The summed E-state index contributed by atoms with van der Waals surface area (Å²) >= 11 is 0. The topological polar surface area (TPSA) is 72.8 Å². The van der Waals surface area contributed by atoms with Crippen molar-refractivity contribution in [2.75, 3.05) is 0 Å². The molecule has 300 valence electrons. The van der Waals surface area contributed by atoms with Gasteiger partial charge in [-0.15, -0.1) is 0 Å². The number of rotatable bonds is 4. The molecule has 1 spiro atoms. The van der Waals surface area contributed by atoms with Crippen LogP contribution in [-0.2, 0) is 15.3 Å². The third-order valence-corrected chi connectivity index (χ3v) is 15.2. The number of benzene rings is 9. The van der Waals surface area contributed by atoms with E-state index < -0.39 is 15.3 Å². The lowest BCUT2D eigenvalue weighted by Crippen LogP contribution is -2.29. The molecular formula is C58H35N3O2S. The molecule has 5 nitrogen and oxygen atoms in total. The van der Waals surface area contributed by atoms with Gasteiger partial charge < -0.3 is 0 Å². The Balaban J connectivity index is 1.12. The van der Waals surface area contributed by atoms with E-state index in [-0.39, 0.29) is 0 Å². The van der Waals surface area contributed by atoms with Gasteiger partial charge in [-0.1, -0.05) is 182 Å². The number of aromatic nitrogens is 3. The van der Waals surface area contributed by atoms with Gasteiger partial charge in [-0.2, -0.15) is 0 Å². The van der Waals surface area contributed by atoms with Gasteiger partial charge in [0.05, 0.1) is 15.2 Å². The summed E-state index contributed by atoms with van der Waals surface area (Å²) < 4.78 is 29.1. The maximum Gasteiger partial charge on any atom is 0.207 e. The Bertz CT molecular complexity index is 3700. The first-order valence-electron chi connectivity index (χ1n) is 21.4. The average molecular weight is 838 g/mol. The monoisotopic (exact) mass is 837 g/mol. The van der Waals surface area contributed by atoms with Crippen molar-refractivity contribution in [2.24, 2.45) is 0 Å². The van der Waals surface area contributed by atoms with Crippen molar-refractivity contribution < 1.29 is 8.42 Å². The first kappa shape index (κ1) is 36.6. The minimum atomic E-state index is -3.81. The lowest BCUT2D eigenvalue weighted by molar-refractivity contribution is 0.598. The molecule has 0 N–H and O–H groups in total. The van der Waals surface area contributed by atoms with Gasteiger partial charge in [0.15, 0.2) is 17.5 Å². The largest absolute Gasteiger partial charge is 0.218 e. The van der Waals surface area contributed by atoms with E-state index >= 15 is 0 Å². The van der Waals surface area contributed by atoms with E-state index in [1.807, 2.05) is 66.7 Å². The summed E-state index contributed by atoms with van der Waals surface area (Å²) in [5, 5.41) is 0. The van der Waals surface area contributed by atoms with Crippen LogP contribution >= 0.6 is 0 Å². The zero-order valence-corrected chi connectivity index (χ0v) is 35.1. The van der Waals surface area contributed by atoms with Crippen molar-refractivity contribution >= 4 is 9.84 Å². The first-order chi connectivity index (χ1) is 31.5. The predicted octanol–water partition coefficient (Wildman–Crippen LogP) is 13.4. The van der Waals surface area contributed by atoms with Crippen LogP contribution in [-0.4, -0.2) is 23.4 Å². The molecule has 10 aromatic rings. The zero-order valence-electron chi connectivity index (χ0n) is 34.3. The highest BCUT2D eigenvalue weighted by atomic mass is 32.2. The van der Waals surface area contributed by atoms with Crippen LogP contribution in [0.5, 0.6) is 0 Å². The van der Waals surface area contributed by atoms with Crippen LogP contribution in [0.4, 0.5) is 0 Å². The number of nitrogens with zero attached hydrogens (tertiary/aromatic N) is 3. The van der Waals surface area contributed by atoms with Crippen LogP contribution in [0, 0.1) is 0 Å². The van der Waals surface area contributed by atoms with Gasteiger partial charge in [0.2, 0.25) is 9.84 Å². The Morgan fingerprint density at radius 3 is 1.42 bits per heavy atom. The molecule has 0 saturated carbocycles. The maximum atomic E-state index is 14.6. The lowest BCUT2D eigenvalue weighted by atomic mass is 9.65. The van der Waals surface area contributed by atoms with Crippen molar-refractivity contribution in [1.82, 2.24) is 15.0 Å². The van der Waals surface area contributed by atoms with E-state index in [9.17, 15) is 8.42 Å². The highest BCUT2D eigenvalue weighted by Gasteiger charge is 2.51. The predicted molar refractivity (Wildman–Crippen MR) is 254 cm³/mol. The molecule has 6 heteroatoms. The highest BCUT2D eigenvalue weighted by molar-refractivity contribution is 7.92. The molecule has 3 aliphatic rings. The number of fused-ring (bicyclic) bond motifs is 15. The summed E-state index contributed by atoms with van der Waals surface area (Å²) in [7, 11) is -3.81. The highest BCUT2D eigenvalue weighted by Crippen LogP contribution is 2.63. The number of sulfone groups is 1. The lowest BCUT2D eigenvalue weighted by Gasteiger charge is -2.35. The molecule has 13 rings (SSSR count). The van der Waals surface area contributed by atoms with E-state index in [0.717, 1.165) is 94.6 Å². The Labute approximate surface area is 371 Å². The van der Waals surface area contributed by atoms with Gasteiger partial charge in [0.25, 0.3) is 0 Å². The Hall–Kier alpha value is -8.06. The summed E-state index contributed by atoms with van der Waals surface area (Å²) in [6, 6.07) is 72.6. The fraction of sp³-hybridized carbons (Fsp3) is 0.0172. The van der Waals surface area contributed by atoms with E-state index in [1.165, 1.54) is 0 Å². The van der Waals surface area contributed by atoms with E-state index in [1.54, 1.807) is 12.1 Å². The molecule has 0 fully saturated rings. The van der Waals surface area contributed by atoms with Crippen LogP contribution in [0.1, 0.15) is 22.3 Å². The smallest absolute Gasteiger partial charge is 0.207 e. The van der Waals surface area contributed by atoms with Crippen LogP contribution < -0.4 is 0 Å². The molecule has 9 aromatic carbocycles. The summed E-state index contributed by atoms with van der Waals surface area (Å²) in [5.74, 6) is 1.68. The molecule has 0 radical (unpaired) electrons. The normalized spacial score (nSPS) is 15.5. The van der Waals surface area contributed by atoms with E-state index in [4.69, 9.17) is 15.0 Å². The third kappa shape index (κ3) is 5.17. The molecule has 0 saturated heterocycles. The Kier molecular flexibility index (Phi) is 7.84. The van der Waals surface area contributed by atoms with Crippen molar-refractivity contribution in [3.8, 4) is 89.8 Å². The second-order valence-electron chi connectivity index (χ2n) is 16.7. The standard InChI is InChI=1S/C58H35N3O2S/c62-64(63)53-29-14-11-26-46(53)48-34-47-44-25-10-13-28-50(44)58(52(47)35-54(48)64)49-27-12-9-24-43(49)41-22-7-8-23-42(41)45-31-30-40(33-51(45)58)57-60-55(37-18-5-2-6-19-37)59-56(61-57)39-21-15-20-38(32-39)36-16-3-1-4-17-36/h1-35H. The Morgan fingerprint density at radius 2 is 0.750 bits per heavy atom. The van der Waals surface area contributed by atoms with E-state index in [0.29, 0.717) is 27.3 Å². The molecule has 2 aliphatic carbocycles. The summed E-state index contributed by atoms with van der Waals surface area (Å²) in [6.45, 7) is 0. The molecule has 2 heterocycles. The van der Waals surface area contributed by atoms with Gasteiger partial charge in [0, 0.05) is 27.8 Å². The molecule has 0 amide bonds. The van der Waals surface area contributed by atoms with Crippen LogP contribution in [0.3, 0.4) is 0 Å². The SMILES string of the molecule is O=S1(=O)c2ccccc2-c2cc3c(cc21)C1(c2ccccc2-c2ccccc2-c2ccc(-c4nc(-c5ccccc5)nc(-c5cccc(-c6ccccc6)c5)n4)cc21)c1ccccc1-3. The molecular weight excluding hydrogens is 803 g/mol. The number of hydrogen-bond acceptors (Lipinski definition) is 5. The van der Waals surface area contributed by atoms with Crippen molar-refractivity contribution in [3.63, 3.8) is 0 Å². The fourth-order valence-electron chi connectivity index (χ4n) is 10.5. The Morgan fingerprint density at radius 1 is 0.281 bits per heavy atom. The average Bonchev–Trinajstić information content (AvgIpc) is 3.73. The first-order valence-corrected chi connectivity index (χ1v) is 22.9. The molecule has 1 unspecified atom stereocenters. The second kappa shape index (κ2) is 13.7. The number of hydrogen-bond donors (Lipinski definition) is 0. The second-order valence-corrected chi connectivity index (χ2v) is 18.5. The third-order valence-electron chi connectivity index (χ3n) is 13.3. The minimum Gasteiger partial charge on any atom is -0.218 e. The van der Waals surface area contributed by atoms with Gasteiger partial charge in [0.1, 0.15) is 0 Å². The van der Waals surface area contributed by atoms with Crippen LogP contribution in [0.15, 0.2) is 222 Å². The van der Waals surface area contributed by atoms with Crippen LogP contribution in [0.2, 0.25) is 0 Å². The fourth-order valence-corrected chi connectivity index (χ4v) is 12.2. The van der Waals surface area contributed by atoms with Crippen molar-refractivity contribution in [1.29, 1.82) is 0 Å². The molecule has 64 heavy (non-hydrogen) atoms. The zero-order chi connectivity index (χ0) is 42.6.